The Morgan fingerprint density at radius 1 is 0.333 bits per heavy atom. The molecular formula is C71H52FN3. The van der Waals surface area contributed by atoms with Gasteiger partial charge < -0.3 is 14.4 Å². The zero-order valence-electron chi connectivity index (χ0n) is 41.8. The second kappa shape index (κ2) is 18.8. The maximum absolute atomic E-state index is 14.6. The smallest absolute Gasteiger partial charge is 0.123 e. The van der Waals surface area contributed by atoms with Gasteiger partial charge in [-0.15, -0.1) is 0 Å². The minimum atomic E-state index is -0.308. The molecule has 0 bridgehead atoms. The number of nitrogens with zero attached hydrogens (tertiary/aromatic N) is 3. The fraction of sp³-hybridized carbons (Fsp3) is 0.0423. The lowest BCUT2D eigenvalue weighted by atomic mass is 9.81. The molecule has 0 atom stereocenters. The summed E-state index contributed by atoms with van der Waals surface area (Å²) in [5.74, 6) is -0.255. The van der Waals surface area contributed by atoms with Crippen LogP contribution in [0, 0.1) is 5.82 Å². The van der Waals surface area contributed by atoms with E-state index in [2.05, 4.69) is 283 Å². The first-order chi connectivity index (χ1) is 36.9. The number of rotatable bonds is 11. The van der Waals surface area contributed by atoms with Crippen molar-refractivity contribution in [1.82, 2.24) is 4.57 Å². The fourth-order valence-electron chi connectivity index (χ4n) is 11.4. The highest BCUT2D eigenvalue weighted by Gasteiger charge is 2.37. The highest BCUT2D eigenvalue weighted by atomic mass is 19.1. The molecule has 0 spiro atoms. The minimum absolute atomic E-state index is 0.255. The van der Waals surface area contributed by atoms with Gasteiger partial charge in [0.1, 0.15) is 5.82 Å². The van der Waals surface area contributed by atoms with Crippen LogP contribution in [0.1, 0.15) is 25.0 Å². The molecule has 0 aliphatic heterocycles. The molecule has 0 saturated heterocycles. The van der Waals surface area contributed by atoms with Crippen LogP contribution in [-0.4, -0.2) is 4.57 Å². The zero-order chi connectivity index (χ0) is 50.5. The van der Waals surface area contributed by atoms with Gasteiger partial charge in [0.2, 0.25) is 0 Å². The third-order valence-electron chi connectivity index (χ3n) is 15.0. The summed E-state index contributed by atoms with van der Waals surface area (Å²) in [6, 6.07) is 98.4. The highest BCUT2D eigenvalue weighted by Crippen LogP contribution is 2.54. The second-order valence-corrected chi connectivity index (χ2v) is 19.9. The number of hydrogen-bond donors (Lipinski definition) is 0. The molecule has 0 fully saturated rings. The Morgan fingerprint density at radius 3 is 1.23 bits per heavy atom. The van der Waals surface area contributed by atoms with Crippen molar-refractivity contribution in [3.63, 3.8) is 0 Å². The third-order valence-corrected chi connectivity index (χ3v) is 15.0. The molecule has 11 aromatic carbocycles. The average Bonchev–Trinajstić information content (AvgIpc) is 4.05. The highest BCUT2D eigenvalue weighted by molar-refractivity contribution is 6.08. The van der Waals surface area contributed by atoms with Gasteiger partial charge in [0.25, 0.3) is 0 Å². The van der Waals surface area contributed by atoms with Crippen LogP contribution in [0.15, 0.2) is 279 Å². The molecule has 0 unspecified atom stereocenters. The Morgan fingerprint density at radius 2 is 0.720 bits per heavy atom. The first-order valence-corrected chi connectivity index (χ1v) is 25.7. The lowest BCUT2D eigenvalue weighted by molar-refractivity contribution is 0.627. The summed E-state index contributed by atoms with van der Waals surface area (Å²) in [4.78, 5) is 4.64. The molecule has 1 aliphatic carbocycles. The van der Waals surface area contributed by atoms with Crippen LogP contribution in [0.25, 0.3) is 72.4 Å². The van der Waals surface area contributed by atoms with E-state index in [9.17, 15) is 4.39 Å². The van der Waals surface area contributed by atoms with E-state index >= 15 is 0 Å². The molecule has 0 saturated carbocycles. The van der Waals surface area contributed by atoms with E-state index in [0.29, 0.717) is 0 Å². The first-order valence-electron chi connectivity index (χ1n) is 25.7. The molecule has 1 heterocycles. The summed E-state index contributed by atoms with van der Waals surface area (Å²) in [5, 5.41) is 1.16. The lowest BCUT2D eigenvalue weighted by Crippen LogP contribution is -2.15. The zero-order valence-corrected chi connectivity index (χ0v) is 41.8. The van der Waals surface area contributed by atoms with Gasteiger partial charge in [-0.1, -0.05) is 178 Å². The van der Waals surface area contributed by atoms with Crippen molar-refractivity contribution in [1.29, 1.82) is 0 Å². The van der Waals surface area contributed by atoms with Crippen molar-refractivity contribution in [2.45, 2.75) is 19.3 Å². The van der Waals surface area contributed by atoms with Crippen LogP contribution < -0.4 is 9.80 Å². The van der Waals surface area contributed by atoms with Gasteiger partial charge in [0.15, 0.2) is 0 Å². The lowest BCUT2D eigenvalue weighted by Gasteiger charge is -2.28. The molecule has 1 aromatic heterocycles. The molecule has 75 heavy (non-hydrogen) atoms. The third kappa shape index (κ3) is 8.18. The van der Waals surface area contributed by atoms with Crippen molar-refractivity contribution >= 4 is 45.0 Å². The molecular weight excluding hydrogens is 914 g/mol. The van der Waals surface area contributed by atoms with Crippen molar-refractivity contribution < 1.29 is 4.39 Å². The monoisotopic (exact) mass is 965 g/mol. The Balaban J connectivity index is 0.890. The van der Waals surface area contributed by atoms with Crippen LogP contribution >= 0.6 is 0 Å². The number of para-hydroxylation sites is 2. The van der Waals surface area contributed by atoms with Crippen molar-refractivity contribution in [2.75, 3.05) is 9.80 Å². The Labute approximate surface area is 438 Å². The van der Waals surface area contributed by atoms with Gasteiger partial charge in [-0.25, -0.2) is 4.39 Å². The van der Waals surface area contributed by atoms with Gasteiger partial charge in [-0.3, -0.25) is 0 Å². The van der Waals surface area contributed by atoms with E-state index in [0.717, 1.165) is 78.7 Å². The van der Waals surface area contributed by atoms with Crippen LogP contribution in [0.3, 0.4) is 0 Å². The topological polar surface area (TPSA) is 11.4 Å². The Hall–Kier alpha value is -9.51. The van der Waals surface area contributed by atoms with Crippen LogP contribution in [0.5, 0.6) is 0 Å². The predicted molar refractivity (Wildman–Crippen MR) is 312 cm³/mol. The number of benzene rings is 11. The van der Waals surface area contributed by atoms with Crippen molar-refractivity contribution in [3.05, 3.63) is 296 Å². The SMILES string of the molecule is CC1(C)c2cc(-c3ccc(N(c4ccc(-c5ccccc5)cc4)c4ccc(N(c5ccccc5)c5ccccc5)cc4)cc3)ccc2-c2cc3c(-c4ccccc4)c(-c4ccccc4)n(-c4ccc(F)cc4)c3cc21. The normalized spacial score (nSPS) is 12.3. The maximum Gasteiger partial charge on any atom is 0.123 e. The van der Waals surface area contributed by atoms with Gasteiger partial charge in [-0.2, -0.15) is 0 Å². The molecule has 0 N–H and O–H groups in total. The second-order valence-electron chi connectivity index (χ2n) is 19.9. The van der Waals surface area contributed by atoms with Gasteiger partial charge in [-0.05, 0) is 171 Å². The summed E-state index contributed by atoms with van der Waals surface area (Å²) in [6.45, 7) is 4.70. The van der Waals surface area contributed by atoms with Gasteiger partial charge in [0.05, 0.1) is 11.2 Å². The van der Waals surface area contributed by atoms with Crippen LogP contribution in [0.4, 0.5) is 38.5 Å². The number of anilines is 6. The van der Waals surface area contributed by atoms with E-state index in [1.807, 2.05) is 12.1 Å². The number of aromatic nitrogens is 1. The largest absolute Gasteiger partial charge is 0.311 e. The number of hydrogen-bond acceptors (Lipinski definition) is 2. The summed E-state index contributed by atoms with van der Waals surface area (Å²) >= 11 is 0. The molecule has 3 nitrogen and oxygen atoms in total. The Bertz CT molecular complexity index is 3930. The molecule has 12 aromatic rings. The van der Waals surface area contributed by atoms with E-state index in [1.165, 1.54) is 38.9 Å². The van der Waals surface area contributed by atoms with Crippen molar-refractivity contribution in [3.8, 4) is 61.5 Å². The number of fused-ring (bicyclic) bond motifs is 4. The van der Waals surface area contributed by atoms with E-state index in [-0.39, 0.29) is 11.2 Å². The average molecular weight is 966 g/mol. The molecule has 13 rings (SSSR count). The van der Waals surface area contributed by atoms with E-state index < -0.39 is 0 Å². The minimum Gasteiger partial charge on any atom is -0.311 e. The molecule has 1 aliphatic rings. The summed E-state index contributed by atoms with van der Waals surface area (Å²) in [6.07, 6.45) is 0. The van der Waals surface area contributed by atoms with E-state index in [4.69, 9.17) is 0 Å². The summed E-state index contributed by atoms with van der Waals surface area (Å²) in [5.41, 5.74) is 22.4. The molecule has 0 amide bonds. The predicted octanol–water partition coefficient (Wildman–Crippen LogP) is 19.7. The number of halogens is 1. The molecule has 0 radical (unpaired) electrons. The maximum atomic E-state index is 14.6. The van der Waals surface area contributed by atoms with Gasteiger partial charge >= 0.3 is 0 Å². The fourth-order valence-corrected chi connectivity index (χ4v) is 11.4. The van der Waals surface area contributed by atoms with Crippen molar-refractivity contribution in [2.24, 2.45) is 0 Å². The molecule has 358 valence electrons. The van der Waals surface area contributed by atoms with Gasteiger partial charge in [0, 0.05) is 56.2 Å². The van der Waals surface area contributed by atoms with E-state index in [1.54, 1.807) is 12.1 Å². The first kappa shape index (κ1) is 45.4. The van der Waals surface area contributed by atoms with Crippen LogP contribution in [0.2, 0.25) is 0 Å². The standard InChI is InChI=1S/C71H52FN3/c1-71(2)66-46-54(32-45-63(66)64-47-65-68(48-67(64)71)75(62-39-33-55(72)34-40-62)70(53-22-12-5-13-23-53)69(65)52-20-10-4-11-21-52)51-30-37-59(38-31-51)74(58-35-28-50(29-36-58)49-18-8-3-9-19-49)61-43-41-60(42-44-61)73(56-24-14-6-15-25-56)57-26-16-7-17-27-57/h3-48H,1-2H3. The Kier molecular flexibility index (Phi) is 11.4. The summed E-state index contributed by atoms with van der Waals surface area (Å²) in [7, 11) is 0. The summed E-state index contributed by atoms with van der Waals surface area (Å²) < 4.78 is 16.9. The molecule has 4 heteroatoms. The quantitative estimate of drug-likeness (QED) is 0.128. The van der Waals surface area contributed by atoms with Crippen LogP contribution in [-0.2, 0) is 5.41 Å².